The lowest BCUT2D eigenvalue weighted by molar-refractivity contribution is -0.116. The summed E-state index contributed by atoms with van der Waals surface area (Å²) in [6.07, 6.45) is 0. The molecule has 0 radical (unpaired) electrons. The number of aryl methyl sites for hydroxylation is 2. The summed E-state index contributed by atoms with van der Waals surface area (Å²) in [4.78, 5) is 10.7. The highest BCUT2D eigenvalue weighted by Gasteiger charge is 1.97. The molecular weight excluding hydrogens is 198 g/mol. The van der Waals surface area contributed by atoms with Gasteiger partial charge in [-0.3, -0.25) is 4.79 Å². The number of carbonyl (C=O) groups is 1. The van der Waals surface area contributed by atoms with Crippen molar-refractivity contribution in [1.29, 1.82) is 0 Å². The second-order valence-electron chi connectivity index (χ2n) is 3.72. The standard InChI is InChI=1S/C12H17NO.C2H6/c1-9-4-5-12(6-10(9)2)8-13-7-11(3)14;1-2/h4-6,13H,7-8H2,1-3H3;1-2H3. The van der Waals surface area contributed by atoms with Crippen LogP contribution < -0.4 is 5.32 Å². The van der Waals surface area contributed by atoms with Crippen LogP contribution in [0.2, 0.25) is 0 Å². The third-order valence-corrected chi connectivity index (χ3v) is 2.27. The molecule has 0 spiro atoms. The molecule has 0 aliphatic rings. The Labute approximate surface area is 99.1 Å². The molecule has 0 bridgehead atoms. The van der Waals surface area contributed by atoms with Gasteiger partial charge in [0.25, 0.3) is 0 Å². The summed E-state index contributed by atoms with van der Waals surface area (Å²) in [6.45, 7) is 11.0. The van der Waals surface area contributed by atoms with Crippen LogP contribution in [0.5, 0.6) is 0 Å². The molecule has 0 aromatic heterocycles. The number of benzene rings is 1. The van der Waals surface area contributed by atoms with Gasteiger partial charge >= 0.3 is 0 Å². The molecule has 0 unspecified atom stereocenters. The first-order valence-electron chi connectivity index (χ1n) is 5.86. The molecule has 0 saturated carbocycles. The second kappa shape index (κ2) is 8.05. The van der Waals surface area contributed by atoms with Crippen molar-refractivity contribution in [2.24, 2.45) is 0 Å². The van der Waals surface area contributed by atoms with Crippen LogP contribution in [0.15, 0.2) is 18.2 Å². The molecule has 0 atom stereocenters. The van der Waals surface area contributed by atoms with E-state index in [9.17, 15) is 4.79 Å². The van der Waals surface area contributed by atoms with E-state index in [1.807, 2.05) is 13.8 Å². The number of rotatable bonds is 4. The largest absolute Gasteiger partial charge is 0.306 e. The average Bonchev–Trinajstić information content (AvgIpc) is 2.26. The Hall–Kier alpha value is -1.15. The minimum atomic E-state index is 0.175. The first-order chi connectivity index (χ1) is 7.59. The van der Waals surface area contributed by atoms with E-state index in [2.05, 4.69) is 37.4 Å². The molecule has 1 aromatic rings. The van der Waals surface area contributed by atoms with E-state index in [-0.39, 0.29) is 5.78 Å². The van der Waals surface area contributed by atoms with Crippen molar-refractivity contribution in [3.63, 3.8) is 0 Å². The maximum Gasteiger partial charge on any atom is 0.143 e. The Morgan fingerprint density at radius 3 is 2.31 bits per heavy atom. The Bertz CT molecular complexity index is 332. The SMILES string of the molecule is CC.CC(=O)CNCc1ccc(C)c(C)c1. The van der Waals surface area contributed by atoms with Gasteiger partial charge in [0, 0.05) is 6.54 Å². The fourth-order valence-corrected chi connectivity index (χ4v) is 1.30. The van der Waals surface area contributed by atoms with Crippen LogP contribution in [-0.2, 0) is 11.3 Å². The maximum atomic E-state index is 10.7. The Morgan fingerprint density at radius 2 is 1.81 bits per heavy atom. The van der Waals surface area contributed by atoms with E-state index >= 15 is 0 Å². The zero-order chi connectivity index (χ0) is 12.6. The number of hydrogen-bond acceptors (Lipinski definition) is 2. The highest BCUT2D eigenvalue weighted by atomic mass is 16.1. The number of Topliss-reactive ketones (excluding diaryl/α,β-unsaturated/α-hetero) is 1. The van der Waals surface area contributed by atoms with Crippen molar-refractivity contribution in [1.82, 2.24) is 5.32 Å². The third kappa shape index (κ3) is 5.66. The van der Waals surface area contributed by atoms with Crippen LogP contribution in [0.4, 0.5) is 0 Å². The molecule has 1 rings (SSSR count). The molecule has 90 valence electrons. The van der Waals surface area contributed by atoms with Gasteiger partial charge in [-0.2, -0.15) is 0 Å². The highest BCUT2D eigenvalue weighted by Crippen LogP contribution is 2.09. The van der Waals surface area contributed by atoms with Crippen molar-refractivity contribution >= 4 is 5.78 Å². The van der Waals surface area contributed by atoms with Gasteiger partial charge in [0.15, 0.2) is 0 Å². The minimum Gasteiger partial charge on any atom is -0.306 e. The molecule has 0 saturated heterocycles. The molecule has 0 amide bonds. The number of carbonyl (C=O) groups excluding carboxylic acids is 1. The van der Waals surface area contributed by atoms with E-state index < -0.39 is 0 Å². The first-order valence-corrected chi connectivity index (χ1v) is 5.86. The van der Waals surface area contributed by atoms with Crippen LogP contribution in [0.3, 0.4) is 0 Å². The first kappa shape index (κ1) is 14.8. The number of nitrogens with one attached hydrogen (secondary N) is 1. The van der Waals surface area contributed by atoms with Crippen molar-refractivity contribution in [2.75, 3.05) is 6.54 Å². The molecule has 0 heterocycles. The summed E-state index contributed by atoms with van der Waals surface area (Å²) < 4.78 is 0. The molecule has 16 heavy (non-hydrogen) atoms. The molecule has 0 fully saturated rings. The van der Waals surface area contributed by atoms with E-state index in [1.54, 1.807) is 6.92 Å². The lowest BCUT2D eigenvalue weighted by Gasteiger charge is -2.05. The van der Waals surface area contributed by atoms with E-state index in [1.165, 1.54) is 16.7 Å². The van der Waals surface area contributed by atoms with Gasteiger partial charge in [-0.1, -0.05) is 32.0 Å². The molecule has 1 N–H and O–H groups in total. The Kier molecular flexibility index (Phi) is 7.48. The van der Waals surface area contributed by atoms with Gasteiger partial charge in [-0.25, -0.2) is 0 Å². The summed E-state index contributed by atoms with van der Waals surface area (Å²) in [5, 5.41) is 3.10. The van der Waals surface area contributed by atoms with Crippen LogP contribution in [0.25, 0.3) is 0 Å². The van der Waals surface area contributed by atoms with Gasteiger partial charge in [0.05, 0.1) is 6.54 Å². The van der Waals surface area contributed by atoms with Crippen molar-refractivity contribution in [3.8, 4) is 0 Å². The predicted octanol–water partition coefficient (Wildman–Crippen LogP) is 3.01. The van der Waals surface area contributed by atoms with Gasteiger partial charge in [0.2, 0.25) is 0 Å². The average molecular weight is 221 g/mol. The fourth-order valence-electron chi connectivity index (χ4n) is 1.30. The van der Waals surface area contributed by atoms with Crippen LogP contribution >= 0.6 is 0 Å². The zero-order valence-corrected chi connectivity index (χ0v) is 11.1. The topological polar surface area (TPSA) is 29.1 Å². The quantitative estimate of drug-likeness (QED) is 0.846. The lowest BCUT2D eigenvalue weighted by Crippen LogP contribution is -2.20. The molecule has 2 heteroatoms. The Morgan fingerprint density at radius 1 is 1.19 bits per heavy atom. The molecule has 1 aromatic carbocycles. The van der Waals surface area contributed by atoms with Gasteiger partial charge in [0.1, 0.15) is 5.78 Å². The van der Waals surface area contributed by atoms with Crippen LogP contribution in [0.1, 0.15) is 37.5 Å². The van der Waals surface area contributed by atoms with Gasteiger partial charge < -0.3 is 5.32 Å². The van der Waals surface area contributed by atoms with Crippen molar-refractivity contribution < 1.29 is 4.79 Å². The minimum absolute atomic E-state index is 0.175. The van der Waals surface area contributed by atoms with Gasteiger partial charge in [-0.05, 0) is 37.5 Å². The summed E-state index contributed by atoms with van der Waals surface area (Å²) in [6, 6.07) is 6.36. The Balaban J connectivity index is 0.00000106. The number of ketones is 1. The summed E-state index contributed by atoms with van der Waals surface area (Å²) in [5.41, 5.74) is 3.83. The molecule has 0 aliphatic carbocycles. The molecule has 2 nitrogen and oxygen atoms in total. The predicted molar refractivity (Wildman–Crippen MR) is 69.7 cm³/mol. The lowest BCUT2D eigenvalue weighted by atomic mass is 10.1. The van der Waals surface area contributed by atoms with Gasteiger partial charge in [-0.15, -0.1) is 0 Å². The van der Waals surface area contributed by atoms with Crippen molar-refractivity contribution in [3.05, 3.63) is 34.9 Å². The monoisotopic (exact) mass is 221 g/mol. The highest BCUT2D eigenvalue weighted by molar-refractivity contribution is 5.77. The second-order valence-corrected chi connectivity index (χ2v) is 3.72. The smallest absolute Gasteiger partial charge is 0.143 e. The zero-order valence-electron chi connectivity index (χ0n) is 11.1. The molecule has 0 aliphatic heterocycles. The van der Waals surface area contributed by atoms with Crippen LogP contribution in [-0.4, -0.2) is 12.3 Å². The maximum absolute atomic E-state index is 10.7. The molecular formula is C14H23NO. The van der Waals surface area contributed by atoms with E-state index in [4.69, 9.17) is 0 Å². The fraction of sp³-hybridized carbons (Fsp3) is 0.500. The normalized spacial score (nSPS) is 9.31. The van der Waals surface area contributed by atoms with Crippen LogP contribution in [0, 0.1) is 13.8 Å². The summed E-state index contributed by atoms with van der Waals surface area (Å²) >= 11 is 0. The number of hydrogen-bond donors (Lipinski definition) is 1. The summed E-state index contributed by atoms with van der Waals surface area (Å²) in [5.74, 6) is 0.175. The van der Waals surface area contributed by atoms with E-state index in [0.717, 1.165) is 6.54 Å². The third-order valence-electron chi connectivity index (χ3n) is 2.27. The summed E-state index contributed by atoms with van der Waals surface area (Å²) in [7, 11) is 0. The van der Waals surface area contributed by atoms with Crippen molar-refractivity contribution in [2.45, 2.75) is 41.2 Å². The van der Waals surface area contributed by atoms with E-state index in [0.29, 0.717) is 6.54 Å².